The van der Waals surface area contributed by atoms with Crippen molar-refractivity contribution in [2.75, 3.05) is 0 Å². The SMILES string of the molecule is CC1C=C(C(N)=O)c2ccccc2O1. The maximum Gasteiger partial charge on any atom is 0.249 e. The number of primary amides is 1. The highest BCUT2D eigenvalue weighted by Crippen LogP contribution is 2.31. The number of carbonyl (C=O) groups excluding carboxylic acids is 1. The number of carbonyl (C=O) groups is 1. The van der Waals surface area contributed by atoms with Crippen LogP contribution in [-0.4, -0.2) is 12.0 Å². The van der Waals surface area contributed by atoms with E-state index in [4.69, 9.17) is 10.5 Å². The number of rotatable bonds is 1. The van der Waals surface area contributed by atoms with Crippen LogP contribution in [0.1, 0.15) is 12.5 Å². The number of nitrogens with two attached hydrogens (primary N) is 1. The summed E-state index contributed by atoms with van der Waals surface area (Å²) in [5.41, 5.74) is 6.60. The van der Waals surface area contributed by atoms with Crippen LogP contribution < -0.4 is 10.5 Å². The first-order valence-corrected chi connectivity index (χ1v) is 4.46. The van der Waals surface area contributed by atoms with Crippen molar-refractivity contribution in [3.05, 3.63) is 35.9 Å². The van der Waals surface area contributed by atoms with Gasteiger partial charge in [-0.1, -0.05) is 18.2 Å². The summed E-state index contributed by atoms with van der Waals surface area (Å²) in [5, 5.41) is 0. The number of hydrogen-bond donors (Lipinski definition) is 1. The molecule has 72 valence electrons. The third-order valence-electron chi connectivity index (χ3n) is 2.16. The molecule has 1 heterocycles. The molecule has 0 aromatic heterocycles. The zero-order valence-corrected chi connectivity index (χ0v) is 7.86. The van der Waals surface area contributed by atoms with Crippen molar-refractivity contribution < 1.29 is 9.53 Å². The van der Waals surface area contributed by atoms with E-state index < -0.39 is 5.91 Å². The first-order valence-electron chi connectivity index (χ1n) is 4.46. The van der Waals surface area contributed by atoms with Gasteiger partial charge in [0.25, 0.3) is 0 Å². The highest BCUT2D eigenvalue weighted by molar-refractivity contribution is 6.19. The quantitative estimate of drug-likeness (QED) is 0.724. The molecular formula is C11H11NO2. The van der Waals surface area contributed by atoms with Crippen molar-refractivity contribution in [1.82, 2.24) is 0 Å². The summed E-state index contributed by atoms with van der Waals surface area (Å²) in [6, 6.07) is 7.39. The maximum atomic E-state index is 11.2. The van der Waals surface area contributed by atoms with E-state index in [1.165, 1.54) is 0 Å². The van der Waals surface area contributed by atoms with Crippen molar-refractivity contribution in [1.29, 1.82) is 0 Å². The van der Waals surface area contributed by atoms with E-state index in [-0.39, 0.29) is 6.10 Å². The number of ether oxygens (including phenoxy) is 1. The third kappa shape index (κ3) is 1.37. The number of hydrogen-bond acceptors (Lipinski definition) is 2. The standard InChI is InChI=1S/C11H11NO2/c1-7-6-9(11(12)13)8-4-2-3-5-10(8)14-7/h2-7H,1H3,(H2,12,13). The van der Waals surface area contributed by atoms with Crippen LogP contribution in [0.15, 0.2) is 30.3 Å². The average molecular weight is 189 g/mol. The molecule has 1 aliphatic rings. The molecule has 0 fully saturated rings. The molecule has 14 heavy (non-hydrogen) atoms. The van der Waals surface area contributed by atoms with Gasteiger partial charge in [-0.05, 0) is 19.1 Å². The van der Waals surface area contributed by atoms with Gasteiger partial charge in [-0.3, -0.25) is 4.79 Å². The van der Waals surface area contributed by atoms with Crippen molar-refractivity contribution in [3.8, 4) is 5.75 Å². The molecule has 0 saturated heterocycles. The van der Waals surface area contributed by atoms with Gasteiger partial charge in [-0.15, -0.1) is 0 Å². The molecule has 3 nitrogen and oxygen atoms in total. The van der Waals surface area contributed by atoms with E-state index in [1.807, 2.05) is 31.2 Å². The first kappa shape index (κ1) is 8.81. The number of amides is 1. The second-order valence-corrected chi connectivity index (χ2v) is 3.26. The van der Waals surface area contributed by atoms with Crippen LogP contribution in [0.4, 0.5) is 0 Å². The third-order valence-corrected chi connectivity index (χ3v) is 2.16. The molecule has 1 aromatic rings. The summed E-state index contributed by atoms with van der Waals surface area (Å²) in [4.78, 5) is 11.2. The molecule has 1 aliphatic heterocycles. The van der Waals surface area contributed by atoms with Crippen molar-refractivity contribution in [2.24, 2.45) is 5.73 Å². The van der Waals surface area contributed by atoms with Gasteiger partial charge < -0.3 is 10.5 Å². The summed E-state index contributed by atoms with van der Waals surface area (Å²) < 4.78 is 5.53. The van der Waals surface area contributed by atoms with Gasteiger partial charge in [0, 0.05) is 11.1 Å². The van der Waals surface area contributed by atoms with Crippen LogP contribution in [0.25, 0.3) is 5.57 Å². The molecule has 1 amide bonds. The summed E-state index contributed by atoms with van der Waals surface area (Å²) in [5.74, 6) is 0.309. The van der Waals surface area contributed by atoms with Gasteiger partial charge in [-0.25, -0.2) is 0 Å². The molecule has 0 saturated carbocycles. The van der Waals surface area contributed by atoms with Gasteiger partial charge >= 0.3 is 0 Å². The van der Waals surface area contributed by atoms with Gasteiger partial charge in [0.1, 0.15) is 11.9 Å². The molecule has 2 N–H and O–H groups in total. The summed E-state index contributed by atoms with van der Waals surface area (Å²) >= 11 is 0. The highest BCUT2D eigenvalue weighted by atomic mass is 16.5. The van der Waals surface area contributed by atoms with E-state index in [0.29, 0.717) is 5.57 Å². The monoisotopic (exact) mass is 189 g/mol. The van der Waals surface area contributed by atoms with Crippen LogP contribution in [0.2, 0.25) is 0 Å². The normalized spacial score (nSPS) is 19.2. The fraction of sp³-hybridized carbons (Fsp3) is 0.182. The predicted octanol–water partition coefficient (Wildman–Crippen LogP) is 1.34. The predicted molar refractivity (Wildman–Crippen MR) is 53.7 cm³/mol. The zero-order chi connectivity index (χ0) is 10.1. The minimum Gasteiger partial charge on any atom is -0.486 e. The minimum absolute atomic E-state index is 0.104. The Balaban J connectivity index is 2.55. The molecule has 0 spiro atoms. The Hall–Kier alpha value is -1.77. The van der Waals surface area contributed by atoms with Crippen LogP contribution >= 0.6 is 0 Å². The van der Waals surface area contributed by atoms with E-state index in [2.05, 4.69) is 0 Å². The molecule has 0 aliphatic carbocycles. The Bertz CT molecular complexity index is 410. The maximum absolute atomic E-state index is 11.2. The molecule has 1 atom stereocenters. The van der Waals surface area contributed by atoms with Crippen LogP contribution in [0.5, 0.6) is 5.75 Å². The van der Waals surface area contributed by atoms with Gasteiger partial charge in [-0.2, -0.15) is 0 Å². The summed E-state index contributed by atoms with van der Waals surface area (Å²) in [7, 11) is 0. The summed E-state index contributed by atoms with van der Waals surface area (Å²) in [6.07, 6.45) is 1.64. The largest absolute Gasteiger partial charge is 0.486 e. The highest BCUT2D eigenvalue weighted by Gasteiger charge is 2.20. The smallest absolute Gasteiger partial charge is 0.249 e. The fourth-order valence-electron chi connectivity index (χ4n) is 1.57. The van der Waals surface area contributed by atoms with Crippen molar-refractivity contribution in [3.63, 3.8) is 0 Å². The lowest BCUT2D eigenvalue weighted by atomic mass is 10.0. The second kappa shape index (κ2) is 3.18. The molecule has 1 aromatic carbocycles. The Morgan fingerprint density at radius 3 is 2.86 bits per heavy atom. The van der Waals surface area contributed by atoms with E-state index >= 15 is 0 Å². The molecule has 3 heteroatoms. The van der Waals surface area contributed by atoms with Crippen molar-refractivity contribution >= 4 is 11.5 Å². The molecule has 1 unspecified atom stereocenters. The van der Waals surface area contributed by atoms with Gasteiger partial charge in [0.2, 0.25) is 5.91 Å². The lowest BCUT2D eigenvalue weighted by Gasteiger charge is -2.21. The van der Waals surface area contributed by atoms with Gasteiger partial charge in [0.05, 0.1) is 0 Å². The Morgan fingerprint density at radius 2 is 2.14 bits per heavy atom. The number of para-hydroxylation sites is 1. The minimum atomic E-state index is -0.410. The Kier molecular flexibility index (Phi) is 2.00. The molecule has 2 rings (SSSR count). The summed E-state index contributed by atoms with van der Waals surface area (Å²) in [6.45, 7) is 1.87. The topological polar surface area (TPSA) is 52.3 Å². The van der Waals surface area contributed by atoms with Crippen LogP contribution in [-0.2, 0) is 4.79 Å². The molecule has 0 bridgehead atoms. The lowest BCUT2D eigenvalue weighted by Crippen LogP contribution is -2.21. The number of benzene rings is 1. The second-order valence-electron chi connectivity index (χ2n) is 3.26. The Morgan fingerprint density at radius 1 is 1.43 bits per heavy atom. The van der Waals surface area contributed by atoms with E-state index in [1.54, 1.807) is 6.08 Å². The zero-order valence-electron chi connectivity index (χ0n) is 7.86. The van der Waals surface area contributed by atoms with E-state index in [9.17, 15) is 4.79 Å². The lowest BCUT2D eigenvalue weighted by molar-refractivity contribution is -0.112. The van der Waals surface area contributed by atoms with Gasteiger partial charge in [0.15, 0.2) is 0 Å². The molecular weight excluding hydrogens is 178 g/mol. The van der Waals surface area contributed by atoms with Crippen molar-refractivity contribution in [2.45, 2.75) is 13.0 Å². The number of fused-ring (bicyclic) bond motifs is 1. The van der Waals surface area contributed by atoms with E-state index in [0.717, 1.165) is 11.3 Å². The van der Waals surface area contributed by atoms with Crippen LogP contribution in [0.3, 0.4) is 0 Å². The van der Waals surface area contributed by atoms with Crippen LogP contribution in [0, 0.1) is 0 Å². The molecule has 0 radical (unpaired) electrons. The average Bonchev–Trinajstić information content (AvgIpc) is 2.16. The Labute approximate surface area is 82.2 Å². The first-order chi connectivity index (χ1) is 6.68. The fourth-order valence-corrected chi connectivity index (χ4v) is 1.57.